The van der Waals surface area contributed by atoms with Crippen LogP contribution < -0.4 is 10.1 Å². The second-order valence-corrected chi connectivity index (χ2v) is 7.56. The van der Waals surface area contributed by atoms with Gasteiger partial charge in [-0.25, -0.2) is 0 Å². The third kappa shape index (κ3) is 3.16. The van der Waals surface area contributed by atoms with Crippen LogP contribution in [0.3, 0.4) is 0 Å². The van der Waals surface area contributed by atoms with Gasteiger partial charge in [0.05, 0.1) is 6.10 Å². The Morgan fingerprint density at radius 1 is 1.23 bits per heavy atom. The lowest BCUT2D eigenvalue weighted by molar-refractivity contribution is 0.209. The molecule has 3 aliphatic rings. The SMILES string of the molecule is c1cc(CN2CCC3(CCNC3)C2)cc(OC2CCCC2)c1. The molecule has 1 N–H and O–H groups in total. The number of nitrogens with one attached hydrogen (secondary N) is 1. The number of benzene rings is 1. The summed E-state index contributed by atoms with van der Waals surface area (Å²) >= 11 is 0. The molecule has 2 heterocycles. The second kappa shape index (κ2) is 6.21. The summed E-state index contributed by atoms with van der Waals surface area (Å²) in [7, 11) is 0. The van der Waals surface area contributed by atoms with E-state index in [0.717, 1.165) is 12.3 Å². The summed E-state index contributed by atoms with van der Waals surface area (Å²) in [4.78, 5) is 2.63. The van der Waals surface area contributed by atoms with Crippen molar-refractivity contribution in [2.45, 2.75) is 51.2 Å². The molecule has 22 heavy (non-hydrogen) atoms. The fourth-order valence-corrected chi connectivity index (χ4v) is 4.48. The van der Waals surface area contributed by atoms with Crippen LogP contribution in [0.15, 0.2) is 24.3 Å². The summed E-state index contributed by atoms with van der Waals surface area (Å²) in [5, 5.41) is 3.54. The second-order valence-electron chi connectivity index (χ2n) is 7.56. The first-order valence-electron chi connectivity index (χ1n) is 9.00. The van der Waals surface area contributed by atoms with Crippen molar-refractivity contribution >= 4 is 0 Å². The Morgan fingerprint density at radius 2 is 2.14 bits per heavy atom. The third-order valence-corrected chi connectivity index (χ3v) is 5.76. The van der Waals surface area contributed by atoms with Crippen LogP contribution in [0.2, 0.25) is 0 Å². The zero-order valence-electron chi connectivity index (χ0n) is 13.5. The maximum atomic E-state index is 6.15. The minimum atomic E-state index is 0.454. The molecule has 0 radical (unpaired) electrons. The molecule has 120 valence electrons. The molecule has 1 saturated carbocycles. The molecular formula is C19H28N2O. The molecule has 1 atom stereocenters. The van der Waals surface area contributed by atoms with Gasteiger partial charge in [0.2, 0.25) is 0 Å². The minimum absolute atomic E-state index is 0.454. The highest BCUT2D eigenvalue weighted by atomic mass is 16.5. The Balaban J connectivity index is 1.36. The number of likely N-dealkylation sites (tertiary alicyclic amines) is 1. The lowest BCUT2D eigenvalue weighted by Gasteiger charge is -2.23. The van der Waals surface area contributed by atoms with Crippen LogP contribution in [0.5, 0.6) is 5.75 Å². The standard InChI is InChI=1S/C19H28N2O/c1-2-6-17(5-1)22-18-7-3-4-16(12-18)13-21-11-9-19(15-21)8-10-20-14-19/h3-4,7,12,17,20H,1-2,5-6,8-11,13-15H2. The normalized spacial score (nSPS) is 29.6. The van der Waals surface area contributed by atoms with Crippen LogP contribution in [0.25, 0.3) is 0 Å². The molecule has 0 bridgehead atoms. The van der Waals surface area contributed by atoms with Gasteiger partial charge in [-0.15, -0.1) is 0 Å². The smallest absolute Gasteiger partial charge is 0.120 e. The highest BCUT2D eigenvalue weighted by molar-refractivity contribution is 5.29. The monoisotopic (exact) mass is 300 g/mol. The molecule has 3 fully saturated rings. The van der Waals surface area contributed by atoms with E-state index >= 15 is 0 Å². The lowest BCUT2D eigenvalue weighted by Crippen LogP contribution is -2.28. The van der Waals surface area contributed by atoms with Crippen LogP contribution in [0, 0.1) is 5.41 Å². The maximum absolute atomic E-state index is 6.15. The quantitative estimate of drug-likeness (QED) is 0.924. The Labute approximate surface area is 134 Å². The summed E-state index contributed by atoms with van der Waals surface area (Å²) in [6.45, 7) is 6.00. The van der Waals surface area contributed by atoms with Gasteiger partial charge in [0.1, 0.15) is 5.75 Å². The molecule has 1 aromatic rings. The van der Waals surface area contributed by atoms with Crippen LogP contribution in [-0.2, 0) is 6.54 Å². The van der Waals surface area contributed by atoms with Crippen molar-refractivity contribution in [3.05, 3.63) is 29.8 Å². The van der Waals surface area contributed by atoms with Gasteiger partial charge in [-0.2, -0.15) is 0 Å². The van der Waals surface area contributed by atoms with Crippen molar-refractivity contribution in [3.8, 4) is 5.75 Å². The number of hydrogen-bond acceptors (Lipinski definition) is 3. The van der Waals surface area contributed by atoms with Gasteiger partial charge in [-0.05, 0) is 74.7 Å². The highest BCUT2D eigenvalue weighted by Crippen LogP contribution is 2.36. The number of nitrogens with zero attached hydrogens (tertiary/aromatic N) is 1. The van der Waals surface area contributed by atoms with E-state index in [9.17, 15) is 0 Å². The molecule has 1 aliphatic carbocycles. The fraction of sp³-hybridized carbons (Fsp3) is 0.684. The molecular weight excluding hydrogens is 272 g/mol. The predicted molar refractivity (Wildman–Crippen MR) is 89.1 cm³/mol. The molecule has 2 aliphatic heterocycles. The summed E-state index contributed by atoms with van der Waals surface area (Å²) in [5.74, 6) is 1.07. The predicted octanol–water partition coefficient (Wildman–Crippen LogP) is 3.19. The van der Waals surface area contributed by atoms with Crippen molar-refractivity contribution < 1.29 is 4.74 Å². The Hall–Kier alpha value is -1.06. The molecule has 3 nitrogen and oxygen atoms in total. The number of ether oxygens (including phenoxy) is 1. The zero-order chi connectivity index (χ0) is 14.8. The molecule has 1 spiro atoms. The van der Waals surface area contributed by atoms with Gasteiger partial charge in [-0.3, -0.25) is 4.90 Å². The van der Waals surface area contributed by atoms with Crippen LogP contribution in [0.4, 0.5) is 0 Å². The number of hydrogen-bond donors (Lipinski definition) is 1. The molecule has 3 heteroatoms. The van der Waals surface area contributed by atoms with Gasteiger partial charge in [0, 0.05) is 19.6 Å². The largest absolute Gasteiger partial charge is 0.490 e. The molecule has 0 amide bonds. The summed E-state index contributed by atoms with van der Waals surface area (Å²) in [5.41, 5.74) is 1.97. The van der Waals surface area contributed by atoms with Gasteiger partial charge in [0.15, 0.2) is 0 Å². The first-order chi connectivity index (χ1) is 10.8. The summed E-state index contributed by atoms with van der Waals surface area (Å²) in [6, 6.07) is 8.78. The Bertz CT molecular complexity index is 504. The number of rotatable bonds is 4. The van der Waals surface area contributed by atoms with E-state index in [-0.39, 0.29) is 0 Å². The molecule has 1 unspecified atom stereocenters. The van der Waals surface area contributed by atoms with Crippen LogP contribution >= 0.6 is 0 Å². The first kappa shape index (κ1) is 14.5. The van der Waals surface area contributed by atoms with Crippen molar-refractivity contribution in [1.29, 1.82) is 0 Å². The minimum Gasteiger partial charge on any atom is -0.490 e. The van der Waals surface area contributed by atoms with Gasteiger partial charge >= 0.3 is 0 Å². The van der Waals surface area contributed by atoms with Crippen molar-refractivity contribution in [2.24, 2.45) is 5.41 Å². The van der Waals surface area contributed by atoms with Crippen LogP contribution in [-0.4, -0.2) is 37.2 Å². The zero-order valence-corrected chi connectivity index (χ0v) is 13.5. The average Bonchev–Trinajstić information content (AvgIpc) is 3.25. The van der Waals surface area contributed by atoms with Crippen molar-refractivity contribution in [1.82, 2.24) is 10.2 Å². The topological polar surface area (TPSA) is 24.5 Å². The molecule has 1 aromatic carbocycles. The van der Waals surface area contributed by atoms with Crippen LogP contribution in [0.1, 0.15) is 44.1 Å². The van der Waals surface area contributed by atoms with Gasteiger partial charge < -0.3 is 10.1 Å². The Kier molecular flexibility index (Phi) is 4.10. The summed E-state index contributed by atoms with van der Waals surface area (Å²) < 4.78 is 6.15. The van der Waals surface area contributed by atoms with E-state index in [1.54, 1.807) is 0 Å². The third-order valence-electron chi connectivity index (χ3n) is 5.76. The van der Waals surface area contributed by atoms with E-state index in [1.165, 1.54) is 70.3 Å². The molecule has 0 aromatic heterocycles. The van der Waals surface area contributed by atoms with E-state index < -0.39 is 0 Å². The van der Waals surface area contributed by atoms with Gasteiger partial charge in [0.25, 0.3) is 0 Å². The van der Waals surface area contributed by atoms with E-state index in [1.807, 2.05) is 0 Å². The van der Waals surface area contributed by atoms with Gasteiger partial charge in [-0.1, -0.05) is 12.1 Å². The van der Waals surface area contributed by atoms with E-state index in [2.05, 4.69) is 34.5 Å². The van der Waals surface area contributed by atoms with E-state index in [0.29, 0.717) is 11.5 Å². The highest BCUT2D eigenvalue weighted by Gasteiger charge is 2.39. The average molecular weight is 300 g/mol. The van der Waals surface area contributed by atoms with E-state index in [4.69, 9.17) is 4.74 Å². The Morgan fingerprint density at radius 3 is 2.95 bits per heavy atom. The fourth-order valence-electron chi connectivity index (χ4n) is 4.48. The first-order valence-corrected chi connectivity index (χ1v) is 9.00. The van der Waals surface area contributed by atoms with Crippen molar-refractivity contribution in [3.63, 3.8) is 0 Å². The van der Waals surface area contributed by atoms with Crippen molar-refractivity contribution in [2.75, 3.05) is 26.2 Å². The maximum Gasteiger partial charge on any atom is 0.120 e. The summed E-state index contributed by atoms with van der Waals surface area (Å²) in [6.07, 6.45) is 8.28. The lowest BCUT2D eigenvalue weighted by atomic mass is 9.86. The molecule has 2 saturated heterocycles. The molecule has 4 rings (SSSR count).